The van der Waals surface area contributed by atoms with Crippen LogP contribution in [0.4, 0.5) is 11.4 Å². The van der Waals surface area contributed by atoms with Crippen molar-refractivity contribution in [3.8, 4) is 39.9 Å². The van der Waals surface area contributed by atoms with Crippen molar-refractivity contribution in [1.29, 1.82) is 0 Å². The molecule has 8 aromatic rings. The van der Waals surface area contributed by atoms with Gasteiger partial charge in [0.25, 0.3) is 0 Å². The van der Waals surface area contributed by atoms with E-state index in [9.17, 15) is 0 Å². The summed E-state index contributed by atoms with van der Waals surface area (Å²) in [5.74, 6) is 2.18. The van der Waals surface area contributed by atoms with Gasteiger partial charge in [0.15, 0.2) is 17.5 Å². The zero-order valence-corrected chi connectivity index (χ0v) is 27.1. The first-order valence-electron chi connectivity index (χ1n) is 17.0. The van der Waals surface area contributed by atoms with Crippen LogP contribution >= 0.6 is 0 Å². The maximum absolute atomic E-state index is 5.16. The fourth-order valence-corrected chi connectivity index (χ4v) is 7.72. The normalized spacial score (nSPS) is 16.2. The van der Waals surface area contributed by atoms with Crippen LogP contribution in [0.15, 0.2) is 176 Å². The molecule has 0 fully saturated rings. The SMILES string of the molecule is C1=CC2c3ccccc3N(c3cc(-c4nc(-c5ccccc5)nc(-c5ccccc5)n4)cc(-n4c5ccccc5c5ccccc54)c3)C2C=C1. The highest BCUT2D eigenvalue weighted by molar-refractivity contribution is 6.09. The highest BCUT2D eigenvalue weighted by Crippen LogP contribution is 2.48. The summed E-state index contributed by atoms with van der Waals surface area (Å²) in [6, 6.07) is 53.4. The first-order valence-corrected chi connectivity index (χ1v) is 17.0. The van der Waals surface area contributed by atoms with Crippen LogP contribution < -0.4 is 4.90 Å². The van der Waals surface area contributed by atoms with Gasteiger partial charge in [-0.05, 0) is 42.0 Å². The maximum atomic E-state index is 5.16. The Morgan fingerprint density at radius 1 is 0.440 bits per heavy atom. The van der Waals surface area contributed by atoms with Gasteiger partial charge in [-0.3, -0.25) is 0 Å². The molecule has 10 rings (SSSR count). The Balaban J connectivity index is 1.26. The maximum Gasteiger partial charge on any atom is 0.164 e. The number of hydrogen-bond donors (Lipinski definition) is 0. The highest BCUT2D eigenvalue weighted by atomic mass is 15.2. The molecule has 6 aromatic carbocycles. The quantitative estimate of drug-likeness (QED) is 0.188. The third kappa shape index (κ3) is 4.59. The van der Waals surface area contributed by atoms with Gasteiger partial charge in [0.2, 0.25) is 0 Å². The molecule has 0 saturated heterocycles. The van der Waals surface area contributed by atoms with Gasteiger partial charge in [-0.2, -0.15) is 0 Å². The fraction of sp³-hybridized carbons (Fsp3) is 0.0444. The van der Waals surface area contributed by atoms with Crippen LogP contribution in [0.5, 0.6) is 0 Å². The molecule has 236 valence electrons. The van der Waals surface area contributed by atoms with E-state index in [0.29, 0.717) is 17.5 Å². The Morgan fingerprint density at radius 2 is 0.960 bits per heavy atom. The van der Waals surface area contributed by atoms with E-state index in [1.54, 1.807) is 0 Å². The van der Waals surface area contributed by atoms with Crippen LogP contribution in [-0.2, 0) is 0 Å². The van der Waals surface area contributed by atoms with Crippen LogP contribution in [0.1, 0.15) is 11.5 Å². The minimum Gasteiger partial charge on any atom is -0.333 e. The van der Waals surface area contributed by atoms with Crippen molar-refractivity contribution in [2.45, 2.75) is 12.0 Å². The first kappa shape index (κ1) is 28.4. The highest BCUT2D eigenvalue weighted by Gasteiger charge is 2.37. The second-order valence-electron chi connectivity index (χ2n) is 12.9. The van der Waals surface area contributed by atoms with Gasteiger partial charge in [-0.1, -0.05) is 140 Å². The topological polar surface area (TPSA) is 46.8 Å². The predicted molar refractivity (Wildman–Crippen MR) is 204 cm³/mol. The van der Waals surface area contributed by atoms with E-state index in [-0.39, 0.29) is 12.0 Å². The van der Waals surface area contributed by atoms with Crippen molar-refractivity contribution < 1.29 is 0 Å². The molecule has 2 aromatic heterocycles. The Kier molecular flexibility index (Phi) is 6.56. The standard InChI is InChI=1S/C45H31N5/c1-3-15-30(16-4-1)43-46-44(31-17-5-2-6-18-31)48-45(47-43)32-27-33(49-39-23-11-7-19-35(39)36-20-8-12-24-40(36)49)29-34(28-32)50-41-25-13-9-21-37(41)38-22-10-14-26-42(38)50/h1-29,35,39H. The summed E-state index contributed by atoms with van der Waals surface area (Å²) < 4.78 is 2.38. The molecule has 5 nitrogen and oxygen atoms in total. The number of hydrogen-bond acceptors (Lipinski definition) is 4. The van der Waals surface area contributed by atoms with E-state index in [0.717, 1.165) is 39.1 Å². The molecule has 1 aliphatic heterocycles. The zero-order chi connectivity index (χ0) is 33.0. The van der Waals surface area contributed by atoms with Gasteiger partial charge in [0, 0.05) is 50.4 Å². The summed E-state index contributed by atoms with van der Waals surface area (Å²) in [6.07, 6.45) is 8.98. The number of anilines is 2. The number of benzene rings is 6. The molecule has 0 spiro atoms. The summed E-state index contributed by atoms with van der Waals surface area (Å²) in [5.41, 5.74) is 9.81. The number of rotatable bonds is 5. The van der Waals surface area contributed by atoms with Crippen molar-refractivity contribution in [2.24, 2.45) is 0 Å². The number of aromatic nitrogens is 4. The molecule has 3 heterocycles. The molecule has 1 aliphatic carbocycles. The Morgan fingerprint density at radius 3 is 1.62 bits per heavy atom. The van der Waals surface area contributed by atoms with Crippen LogP contribution in [0.3, 0.4) is 0 Å². The number of nitrogens with zero attached hydrogens (tertiary/aromatic N) is 5. The summed E-state index contributed by atoms with van der Waals surface area (Å²) in [5, 5.41) is 2.44. The molecule has 0 bridgehead atoms. The number of fused-ring (bicyclic) bond motifs is 6. The molecule has 50 heavy (non-hydrogen) atoms. The van der Waals surface area contributed by atoms with Crippen LogP contribution in [0.2, 0.25) is 0 Å². The van der Waals surface area contributed by atoms with Gasteiger partial charge >= 0.3 is 0 Å². The summed E-state index contributed by atoms with van der Waals surface area (Å²) in [4.78, 5) is 17.8. The van der Waals surface area contributed by atoms with Gasteiger partial charge < -0.3 is 9.47 Å². The first-order chi connectivity index (χ1) is 24.8. The average Bonchev–Trinajstić information content (AvgIpc) is 3.71. The smallest absolute Gasteiger partial charge is 0.164 e. The van der Waals surface area contributed by atoms with E-state index < -0.39 is 0 Å². The third-order valence-corrected chi connectivity index (χ3v) is 9.94. The molecule has 0 saturated carbocycles. The number of allylic oxidation sites excluding steroid dienone is 2. The molecule has 0 amide bonds. The van der Waals surface area contributed by atoms with Crippen molar-refractivity contribution in [2.75, 3.05) is 4.90 Å². The lowest BCUT2D eigenvalue weighted by Crippen LogP contribution is -2.28. The molecule has 2 unspecified atom stereocenters. The van der Waals surface area contributed by atoms with E-state index in [2.05, 4.69) is 149 Å². The summed E-state index contributed by atoms with van der Waals surface area (Å²) >= 11 is 0. The second-order valence-corrected chi connectivity index (χ2v) is 12.9. The van der Waals surface area contributed by atoms with Gasteiger partial charge in [0.05, 0.1) is 17.1 Å². The van der Waals surface area contributed by atoms with Crippen LogP contribution in [-0.4, -0.2) is 25.6 Å². The van der Waals surface area contributed by atoms with Gasteiger partial charge in [0.1, 0.15) is 0 Å². The Hall–Kier alpha value is -6.59. The van der Waals surface area contributed by atoms with Crippen molar-refractivity contribution in [3.63, 3.8) is 0 Å². The lowest BCUT2D eigenvalue weighted by molar-refractivity contribution is 0.744. The van der Waals surface area contributed by atoms with Crippen molar-refractivity contribution in [3.05, 3.63) is 182 Å². The molecule has 0 radical (unpaired) electrons. The minimum atomic E-state index is 0.150. The fourth-order valence-electron chi connectivity index (χ4n) is 7.72. The molecule has 0 N–H and O–H groups in total. The molecule has 2 aliphatic rings. The van der Waals surface area contributed by atoms with E-state index in [1.807, 2.05) is 36.4 Å². The van der Waals surface area contributed by atoms with Crippen molar-refractivity contribution in [1.82, 2.24) is 19.5 Å². The third-order valence-electron chi connectivity index (χ3n) is 9.94. The molecule has 2 atom stereocenters. The monoisotopic (exact) mass is 641 g/mol. The van der Waals surface area contributed by atoms with Crippen LogP contribution in [0, 0.1) is 0 Å². The second kappa shape index (κ2) is 11.5. The largest absolute Gasteiger partial charge is 0.333 e. The Bertz CT molecular complexity index is 2510. The van der Waals surface area contributed by atoms with Crippen LogP contribution in [0.25, 0.3) is 61.7 Å². The summed E-state index contributed by atoms with van der Waals surface area (Å²) in [7, 11) is 0. The Labute approximate surface area is 290 Å². The zero-order valence-electron chi connectivity index (χ0n) is 27.1. The lowest BCUT2D eigenvalue weighted by atomic mass is 9.91. The van der Waals surface area contributed by atoms with E-state index in [4.69, 9.17) is 15.0 Å². The predicted octanol–water partition coefficient (Wildman–Crippen LogP) is 10.7. The van der Waals surface area contributed by atoms with E-state index >= 15 is 0 Å². The minimum absolute atomic E-state index is 0.150. The molecular weight excluding hydrogens is 611 g/mol. The van der Waals surface area contributed by atoms with Crippen molar-refractivity contribution >= 4 is 33.2 Å². The average molecular weight is 642 g/mol. The van der Waals surface area contributed by atoms with E-state index in [1.165, 1.54) is 22.0 Å². The molecule has 5 heteroatoms. The van der Waals surface area contributed by atoms with Gasteiger partial charge in [-0.15, -0.1) is 0 Å². The number of para-hydroxylation sites is 3. The lowest BCUT2D eigenvalue weighted by Gasteiger charge is -2.29. The summed E-state index contributed by atoms with van der Waals surface area (Å²) in [6.45, 7) is 0. The van der Waals surface area contributed by atoms with Gasteiger partial charge in [-0.25, -0.2) is 15.0 Å². The molecular formula is C45H31N5.